The first-order valence-electron chi connectivity index (χ1n) is 5.62. The van der Waals surface area contributed by atoms with Crippen molar-refractivity contribution < 1.29 is 14.7 Å². The molecule has 2 rings (SSSR count). The molecule has 0 atom stereocenters. The molecule has 0 unspecified atom stereocenters. The van der Waals surface area contributed by atoms with E-state index in [4.69, 9.17) is 5.11 Å². The quantitative estimate of drug-likeness (QED) is 0.829. The summed E-state index contributed by atoms with van der Waals surface area (Å²) in [6, 6.07) is 7.24. The molecule has 1 fully saturated rings. The summed E-state index contributed by atoms with van der Waals surface area (Å²) in [4.78, 5) is 22.7. The van der Waals surface area contributed by atoms with Crippen molar-refractivity contribution >= 4 is 11.9 Å². The van der Waals surface area contributed by atoms with E-state index < -0.39 is 11.4 Å². The Hall–Kier alpha value is -1.84. The highest BCUT2D eigenvalue weighted by Gasteiger charge is 2.50. The van der Waals surface area contributed by atoms with Crippen molar-refractivity contribution in [3.05, 3.63) is 35.4 Å². The van der Waals surface area contributed by atoms with E-state index in [0.717, 1.165) is 5.56 Å². The summed E-state index contributed by atoms with van der Waals surface area (Å²) < 4.78 is 0. The van der Waals surface area contributed by atoms with Crippen LogP contribution in [-0.2, 0) is 4.79 Å². The number of hydrogen-bond acceptors (Lipinski definition) is 2. The highest BCUT2D eigenvalue weighted by atomic mass is 16.4. The van der Waals surface area contributed by atoms with E-state index in [1.807, 2.05) is 19.1 Å². The summed E-state index contributed by atoms with van der Waals surface area (Å²) in [6.07, 6.45) is 1.30. The molecule has 1 aromatic rings. The molecule has 0 aromatic heterocycles. The summed E-state index contributed by atoms with van der Waals surface area (Å²) >= 11 is 0. The maximum atomic E-state index is 11.8. The second-order valence-electron chi connectivity index (χ2n) is 4.64. The van der Waals surface area contributed by atoms with Crippen molar-refractivity contribution in [3.63, 3.8) is 0 Å². The molecule has 4 heteroatoms. The van der Waals surface area contributed by atoms with Crippen molar-refractivity contribution in [2.75, 3.05) is 6.54 Å². The van der Waals surface area contributed by atoms with Gasteiger partial charge in [-0.05, 0) is 31.9 Å². The lowest BCUT2D eigenvalue weighted by Gasteiger charge is -2.11. The molecule has 1 aliphatic rings. The zero-order valence-electron chi connectivity index (χ0n) is 9.69. The Morgan fingerprint density at radius 3 is 2.65 bits per heavy atom. The average molecular weight is 233 g/mol. The van der Waals surface area contributed by atoms with E-state index in [9.17, 15) is 9.59 Å². The Morgan fingerprint density at radius 2 is 2.12 bits per heavy atom. The summed E-state index contributed by atoms with van der Waals surface area (Å²) in [6.45, 7) is 2.13. The monoisotopic (exact) mass is 233 g/mol. The molecule has 1 aliphatic carbocycles. The maximum absolute atomic E-state index is 11.8. The molecule has 1 saturated carbocycles. The van der Waals surface area contributed by atoms with Crippen LogP contribution in [0.25, 0.3) is 0 Å². The number of amides is 1. The third kappa shape index (κ3) is 2.46. The van der Waals surface area contributed by atoms with Crippen LogP contribution < -0.4 is 5.32 Å². The Morgan fingerprint density at radius 1 is 1.41 bits per heavy atom. The van der Waals surface area contributed by atoms with Gasteiger partial charge >= 0.3 is 5.97 Å². The number of rotatable bonds is 4. The topological polar surface area (TPSA) is 66.4 Å². The molecule has 1 aromatic carbocycles. The molecule has 17 heavy (non-hydrogen) atoms. The number of benzene rings is 1. The van der Waals surface area contributed by atoms with Gasteiger partial charge in [0.25, 0.3) is 5.91 Å². The van der Waals surface area contributed by atoms with Gasteiger partial charge in [-0.1, -0.05) is 17.7 Å². The second-order valence-corrected chi connectivity index (χ2v) is 4.64. The molecule has 0 heterocycles. The minimum atomic E-state index is -0.818. The Labute approximate surface area is 99.6 Å². The molecule has 0 radical (unpaired) electrons. The predicted molar refractivity (Wildman–Crippen MR) is 62.8 cm³/mol. The number of aryl methyl sites for hydroxylation is 1. The van der Waals surface area contributed by atoms with Crippen molar-refractivity contribution in [1.29, 1.82) is 0 Å². The van der Waals surface area contributed by atoms with Crippen molar-refractivity contribution in [3.8, 4) is 0 Å². The standard InChI is InChI=1S/C13H15NO3/c1-9-3-2-4-10(7-9)11(15)14-8-13(5-6-13)12(16)17/h2-4,7H,5-6,8H2,1H3,(H,14,15)(H,16,17). The van der Waals surface area contributed by atoms with Gasteiger partial charge in [0.05, 0.1) is 5.41 Å². The summed E-state index contributed by atoms with van der Waals surface area (Å²) in [7, 11) is 0. The molecule has 0 saturated heterocycles. The van der Waals surface area contributed by atoms with Crippen LogP contribution in [0, 0.1) is 12.3 Å². The molecule has 90 valence electrons. The largest absolute Gasteiger partial charge is 0.481 e. The van der Waals surface area contributed by atoms with E-state index in [1.54, 1.807) is 12.1 Å². The fourth-order valence-electron chi connectivity index (χ4n) is 1.75. The third-order valence-electron chi connectivity index (χ3n) is 3.17. The highest BCUT2D eigenvalue weighted by Crippen LogP contribution is 2.45. The summed E-state index contributed by atoms with van der Waals surface area (Å²) in [5.74, 6) is -1.02. The zero-order chi connectivity index (χ0) is 12.5. The lowest BCUT2D eigenvalue weighted by atomic mass is 10.1. The predicted octanol–water partition coefficient (Wildman–Crippen LogP) is 1.59. The van der Waals surface area contributed by atoms with Crippen molar-refractivity contribution in [1.82, 2.24) is 5.32 Å². The Balaban J connectivity index is 1.96. The van der Waals surface area contributed by atoms with Crippen LogP contribution in [-0.4, -0.2) is 23.5 Å². The van der Waals surface area contributed by atoms with E-state index >= 15 is 0 Å². The fraction of sp³-hybridized carbons (Fsp3) is 0.385. The lowest BCUT2D eigenvalue weighted by molar-refractivity contribution is -0.143. The van der Waals surface area contributed by atoms with Crippen LogP contribution in [0.1, 0.15) is 28.8 Å². The average Bonchev–Trinajstić information content (AvgIpc) is 3.07. The van der Waals surface area contributed by atoms with Crippen LogP contribution in [0.15, 0.2) is 24.3 Å². The maximum Gasteiger partial charge on any atom is 0.311 e. The third-order valence-corrected chi connectivity index (χ3v) is 3.17. The van der Waals surface area contributed by atoms with Gasteiger partial charge in [0.1, 0.15) is 0 Å². The normalized spacial score (nSPS) is 16.3. The van der Waals surface area contributed by atoms with Crippen molar-refractivity contribution in [2.24, 2.45) is 5.41 Å². The van der Waals surface area contributed by atoms with Gasteiger partial charge in [0.2, 0.25) is 0 Å². The van der Waals surface area contributed by atoms with Crippen LogP contribution >= 0.6 is 0 Å². The van der Waals surface area contributed by atoms with E-state index in [1.165, 1.54) is 0 Å². The number of hydrogen-bond donors (Lipinski definition) is 2. The molecule has 0 spiro atoms. The molecular weight excluding hydrogens is 218 g/mol. The van der Waals surface area contributed by atoms with Gasteiger partial charge in [-0.25, -0.2) is 0 Å². The van der Waals surface area contributed by atoms with Gasteiger partial charge < -0.3 is 10.4 Å². The summed E-state index contributed by atoms with van der Waals surface area (Å²) in [5, 5.41) is 11.7. The van der Waals surface area contributed by atoms with E-state index in [2.05, 4.69) is 5.32 Å². The number of carboxylic acid groups (broad SMARTS) is 1. The Bertz CT molecular complexity index is 463. The molecule has 0 aliphatic heterocycles. The minimum absolute atomic E-state index is 0.207. The minimum Gasteiger partial charge on any atom is -0.481 e. The second kappa shape index (κ2) is 4.20. The first kappa shape index (κ1) is 11.6. The SMILES string of the molecule is Cc1cccc(C(=O)NCC2(C(=O)O)CC2)c1. The number of carbonyl (C=O) groups is 2. The van der Waals surface area contributed by atoms with Crippen LogP contribution in [0.3, 0.4) is 0 Å². The first-order chi connectivity index (χ1) is 8.03. The number of nitrogens with one attached hydrogen (secondary N) is 1. The fourth-order valence-corrected chi connectivity index (χ4v) is 1.75. The van der Waals surface area contributed by atoms with Gasteiger partial charge in [0.15, 0.2) is 0 Å². The van der Waals surface area contributed by atoms with Crippen LogP contribution in [0.2, 0.25) is 0 Å². The first-order valence-corrected chi connectivity index (χ1v) is 5.62. The van der Waals surface area contributed by atoms with Gasteiger partial charge in [-0.2, -0.15) is 0 Å². The molecule has 1 amide bonds. The summed E-state index contributed by atoms with van der Waals surface area (Å²) in [5.41, 5.74) is 0.877. The van der Waals surface area contributed by atoms with Gasteiger partial charge in [0, 0.05) is 12.1 Å². The molecular formula is C13H15NO3. The zero-order valence-corrected chi connectivity index (χ0v) is 9.69. The highest BCUT2D eigenvalue weighted by molar-refractivity contribution is 5.94. The number of aliphatic carboxylic acids is 1. The molecule has 2 N–H and O–H groups in total. The van der Waals surface area contributed by atoms with E-state index in [-0.39, 0.29) is 12.5 Å². The number of carboxylic acids is 1. The molecule has 0 bridgehead atoms. The lowest BCUT2D eigenvalue weighted by Crippen LogP contribution is -2.34. The van der Waals surface area contributed by atoms with E-state index in [0.29, 0.717) is 18.4 Å². The van der Waals surface area contributed by atoms with Gasteiger partial charge in [-0.3, -0.25) is 9.59 Å². The Kier molecular flexibility index (Phi) is 2.88. The smallest absolute Gasteiger partial charge is 0.311 e. The number of carbonyl (C=O) groups excluding carboxylic acids is 1. The van der Waals surface area contributed by atoms with Crippen molar-refractivity contribution in [2.45, 2.75) is 19.8 Å². The van der Waals surface area contributed by atoms with Gasteiger partial charge in [-0.15, -0.1) is 0 Å². The van der Waals surface area contributed by atoms with Crippen LogP contribution in [0.5, 0.6) is 0 Å². The molecule has 4 nitrogen and oxygen atoms in total. The van der Waals surface area contributed by atoms with Crippen LogP contribution in [0.4, 0.5) is 0 Å².